The molecule has 0 radical (unpaired) electrons. The van der Waals surface area contributed by atoms with Gasteiger partial charge in [0.05, 0.1) is 19.3 Å². The van der Waals surface area contributed by atoms with Crippen LogP contribution in [0.15, 0.2) is 0 Å². The number of alkyl halides is 3. The maximum absolute atomic E-state index is 13.1. The number of halogens is 3. The molecule has 15 heteroatoms. The van der Waals surface area contributed by atoms with Crippen LogP contribution in [0.25, 0.3) is 0 Å². The van der Waals surface area contributed by atoms with Crippen LogP contribution in [0.2, 0.25) is 0 Å². The molecule has 6 atom stereocenters. The summed E-state index contributed by atoms with van der Waals surface area (Å²) in [4.78, 5) is 0. The lowest BCUT2D eigenvalue weighted by atomic mass is 10.1. The summed E-state index contributed by atoms with van der Waals surface area (Å²) in [6.45, 7) is 3.98. The Morgan fingerprint density at radius 2 is 1.62 bits per heavy atom. The van der Waals surface area contributed by atoms with E-state index in [9.17, 15) is 26.2 Å². The molecule has 0 aromatic heterocycles. The van der Waals surface area contributed by atoms with E-state index < -0.39 is 66.4 Å². The Balaban J connectivity index is 2.33. The van der Waals surface area contributed by atoms with Crippen LogP contribution in [0.3, 0.4) is 0 Å². The molecule has 2 saturated heterocycles. The van der Waals surface area contributed by atoms with Crippen molar-refractivity contribution in [1.82, 2.24) is 0 Å². The molecule has 29 heavy (non-hydrogen) atoms. The number of methoxy groups -OCH3 is 1. The lowest BCUT2D eigenvalue weighted by Crippen LogP contribution is -2.36. The van der Waals surface area contributed by atoms with Crippen LogP contribution < -0.4 is 0 Å². The third kappa shape index (κ3) is 5.49. The summed E-state index contributed by atoms with van der Waals surface area (Å²) in [5.74, 6) is -2.13. The molecule has 0 amide bonds. The summed E-state index contributed by atoms with van der Waals surface area (Å²) in [5.41, 5.74) is -5.73. The monoisotopic (exact) mass is 472 g/mol. The van der Waals surface area contributed by atoms with Crippen molar-refractivity contribution >= 4 is 17.7 Å². The molecule has 0 saturated carbocycles. The Bertz CT molecular complexity index is 692. The standard InChI is InChI=1S/C14H24F3O10PS/c1-5-22-28(18,23-6-2)10(27-29(19,20)14(15,16)17)7-9-11-12(13(21-4)26-9)25-8(3)24-11/h8-13H,5-7H2,1-4H3/t8?,9-,10?,11?,12?,13-/m1/s1. The van der Waals surface area contributed by atoms with Crippen LogP contribution in [0, 0.1) is 0 Å². The van der Waals surface area contributed by atoms with Crippen LogP contribution in [-0.4, -0.2) is 71.0 Å². The van der Waals surface area contributed by atoms with E-state index in [1.807, 2.05) is 0 Å². The zero-order valence-corrected chi connectivity index (χ0v) is 17.9. The topological polar surface area (TPSA) is 116 Å². The van der Waals surface area contributed by atoms with Gasteiger partial charge in [0.1, 0.15) is 12.2 Å². The number of hydrogen-bond donors (Lipinski definition) is 0. The lowest BCUT2D eigenvalue weighted by Gasteiger charge is -2.28. The molecule has 10 nitrogen and oxygen atoms in total. The van der Waals surface area contributed by atoms with Crippen molar-refractivity contribution in [3.8, 4) is 0 Å². The van der Waals surface area contributed by atoms with Crippen molar-refractivity contribution in [3.05, 3.63) is 0 Å². The molecule has 2 heterocycles. The predicted octanol–water partition coefficient (Wildman–Crippen LogP) is 2.34. The molecular weight excluding hydrogens is 448 g/mol. The molecule has 2 fully saturated rings. The van der Waals surface area contributed by atoms with Gasteiger partial charge in [0, 0.05) is 13.5 Å². The molecule has 2 rings (SSSR count). The van der Waals surface area contributed by atoms with Crippen LogP contribution >= 0.6 is 7.60 Å². The maximum Gasteiger partial charge on any atom is 0.523 e. The van der Waals surface area contributed by atoms with Crippen molar-refractivity contribution in [2.75, 3.05) is 20.3 Å². The second kappa shape index (κ2) is 9.45. The van der Waals surface area contributed by atoms with Crippen molar-refractivity contribution in [1.29, 1.82) is 0 Å². The first kappa shape index (κ1) is 25.0. The van der Waals surface area contributed by atoms with Crippen LogP contribution in [-0.2, 0) is 46.9 Å². The van der Waals surface area contributed by atoms with Gasteiger partial charge in [-0.25, -0.2) is 4.18 Å². The number of rotatable bonds is 10. The summed E-state index contributed by atoms with van der Waals surface area (Å²) >= 11 is 0. The van der Waals surface area contributed by atoms with Gasteiger partial charge in [-0.15, -0.1) is 0 Å². The normalized spacial score (nSPS) is 31.8. The molecule has 4 unspecified atom stereocenters. The SMILES string of the molecule is CCOP(=O)(OCC)C(C[C@H]1O[C@@H](OC)C2OC(C)OC21)OS(=O)(=O)C(F)(F)F. The molecule has 0 bridgehead atoms. The van der Waals surface area contributed by atoms with Gasteiger partial charge in [-0.2, -0.15) is 21.6 Å². The first-order valence-electron chi connectivity index (χ1n) is 8.76. The smallest absolute Gasteiger partial charge is 0.353 e. The fourth-order valence-electron chi connectivity index (χ4n) is 3.04. The summed E-state index contributed by atoms with van der Waals surface area (Å²) in [6, 6.07) is 0. The zero-order valence-electron chi connectivity index (χ0n) is 16.2. The predicted molar refractivity (Wildman–Crippen MR) is 90.2 cm³/mol. The summed E-state index contributed by atoms with van der Waals surface area (Å²) in [6.07, 6.45) is -4.77. The van der Waals surface area contributed by atoms with Crippen molar-refractivity contribution in [2.45, 2.75) is 69.4 Å². The summed E-state index contributed by atoms with van der Waals surface area (Å²) < 4.78 is 111. The molecule has 2 aliphatic heterocycles. The van der Waals surface area contributed by atoms with Gasteiger partial charge in [0.25, 0.3) is 0 Å². The lowest BCUT2D eigenvalue weighted by molar-refractivity contribution is -0.193. The average molecular weight is 472 g/mol. The highest BCUT2D eigenvalue weighted by molar-refractivity contribution is 7.87. The van der Waals surface area contributed by atoms with Gasteiger partial charge in [-0.1, -0.05) is 0 Å². The van der Waals surface area contributed by atoms with Crippen molar-refractivity contribution in [3.63, 3.8) is 0 Å². The number of fused-ring (bicyclic) bond motifs is 1. The molecule has 0 N–H and O–H groups in total. The number of hydrogen-bond acceptors (Lipinski definition) is 10. The van der Waals surface area contributed by atoms with E-state index >= 15 is 0 Å². The van der Waals surface area contributed by atoms with Crippen molar-refractivity contribution < 1.29 is 58.3 Å². The van der Waals surface area contributed by atoms with Crippen LogP contribution in [0.5, 0.6) is 0 Å². The zero-order chi connectivity index (χ0) is 22.0. The first-order chi connectivity index (χ1) is 13.4. The van der Waals surface area contributed by atoms with Crippen molar-refractivity contribution in [2.24, 2.45) is 0 Å². The molecular formula is C14H24F3O10PS. The Morgan fingerprint density at radius 3 is 2.10 bits per heavy atom. The Hall–Kier alpha value is -0.310. The second-order valence-electron chi connectivity index (χ2n) is 6.11. The molecule has 0 aromatic rings. The van der Waals surface area contributed by atoms with Gasteiger partial charge in [-0.3, -0.25) is 4.57 Å². The minimum atomic E-state index is -6.10. The van der Waals surface area contributed by atoms with E-state index in [0.717, 1.165) is 0 Å². The third-order valence-electron chi connectivity index (χ3n) is 4.12. The fourth-order valence-corrected chi connectivity index (χ4v) is 5.87. The Kier molecular flexibility index (Phi) is 8.13. The maximum atomic E-state index is 13.1. The highest BCUT2D eigenvalue weighted by Crippen LogP contribution is 2.57. The highest BCUT2D eigenvalue weighted by atomic mass is 32.2. The summed E-state index contributed by atoms with van der Waals surface area (Å²) in [7, 11) is -9.22. The van der Waals surface area contributed by atoms with Gasteiger partial charge >= 0.3 is 23.2 Å². The second-order valence-corrected chi connectivity index (χ2v) is 9.85. The number of ether oxygens (including phenoxy) is 4. The quantitative estimate of drug-likeness (QED) is 0.266. The minimum Gasteiger partial charge on any atom is -0.353 e. The van der Waals surface area contributed by atoms with Crippen LogP contribution in [0.1, 0.15) is 27.2 Å². The molecule has 2 aliphatic rings. The van der Waals surface area contributed by atoms with E-state index in [-0.39, 0.29) is 13.2 Å². The van der Waals surface area contributed by atoms with Gasteiger partial charge < -0.3 is 28.0 Å². The van der Waals surface area contributed by atoms with Gasteiger partial charge in [0.2, 0.25) is 0 Å². The molecule has 0 aromatic carbocycles. The van der Waals surface area contributed by atoms with E-state index in [1.165, 1.54) is 21.0 Å². The largest absolute Gasteiger partial charge is 0.523 e. The Labute approximate surface area is 166 Å². The van der Waals surface area contributed by atoms with Crippen LogP contribution in [0.4, 0.5) is 13.2 Å². The first-order valence-corrected chi connectivity index (χ1v) is 11.8. The third-order valence-corrected chi connectivity index (χ3v) is 7.58. The van der Waals surface area contributed by atoms with E-state index in [1.54, 1.807) is 6.92 Å². The average Bonchev–Trinajstić information content (AvgIpc) is 3.11. The highest BCUT2D eigenvalue weighted by Gasteiger charge is 2.57. The van der Waals surface area contributed by atoms with E-state index in [0.29, 0.717) is 0 Å². The molecule has 0 spiro atoms. The van der Waals surface area contributed by atoms with E-state index in [4.69, 9.17) is 28.0 Å². The van der Waals surface area contributed by atoms with Gasteiger partial charge in [-0.05, 0) is 20.8 Å². The Morgan fingerprint density at radius 1 is 1.07 bits per heavy atom. The van der Waals surface area contributed by atoms with E-state index in [2.05, 4.69) is 4.18 Å². The molecule has 0 aliphatic carbocycles. The fraction of sp³-hybridized carbons (Fsp3) is 1.00. The summed E-state index contributed by atoms with van der Waals surface area (Å²) in [5, 5.41) is 0. The minimum absolute atomic E-state index is 0.224. The van der Waals surface area contributed by atoms with Gasteiger partial charge in [0.15, 0.2) is 18.4 Å². The molecule has 172 valence electrons.